The number of hydrogen-bond acceptors (Lipinski definition) is 2. The van der Waals surface area contributed by atoms with Crippen molar-refractivity contribution in [2.24, 2.45) is 11.3 Å². The van der Waals surface area contributed by atoms with Crippen LogP contribution in [0.2, 0.25) is 0 Å². The molecule has 1 N–H and O–H groups in total. The molecule has 0 aromatic rings. The summed E-state index contributed by atoms with van der Waals surface area (Å²) in [6, 6.07) is 0.888. The Morgan fingerprint density at radius 2 is 1.71 bits per heavy atom. The third-order valence-corrected chi connectivity index (χ3v) is 5.84. The fraction of sp³-hybridized carbons (Fsp3) is 1.00. The van der Waals surface area contributed by atoms with E-state index in [1.165, 1.54) is 83.8 Å². The molecule has 0 spiro atoms. The molecule has 2 aliphatic carbocycles. The normalized spacial score (nSPS) is 23.3. The molecule has 2 heteroatoms. The first-order chi connectivity index (χ1) is 10.2. The van der Waals surface area contributed by atoms with Gasteiger partial charge in [0.1, 0.15) is 0 Å². The van der Waals surface area contributed by atoms with E-state index in [9.17, 15) is 0 Å². The highest BCUT2D eigenvalue weighted by Crippen LogP contribution is 2.38. The van der Waals surface area contributed by atoms with Crippen molar-refractivity contribution >= 4 is 0 Å². The molecule has 0 radical (unpaired) electrons. The lowest BCUT2D eigenvalue weighted by atomic mass is 9.73. The summed E-state index contributed by atoms with van der Waals surface area (Å²) in [5.74, 6) is 0.834. The van der Waals surface area contributed by atoms with Gasteiger partial charge in [0.25, 0.3) is 0 Å². The Hall–Kier alpha value is -0.0800. The number of nitrogens with zero attached hydrogens (tertiary/aromatic N) is 1. The molecule has 0 unspecified atom stereocenters. The molecule has 2 rings (SSSR count). The second-order valence-electron chi connectivity index (χ2n) is 8.18. The van der Waals surface area contributed by atoms with Gasteiger partial charge in [0.2, 0.25) is 0 Å². The lowest BCUT2D eigenvalue weighted by molar-refractivity contribution is 0.0734. The van der Waals surface area contributed by atoms with Crippen molar-refractivity contribution in [3.05, 3.63) is 0 Å². The third kappa shape index (κ3) is 5.25. The van der Waals surface area contributed by atoms with Crippen molar-refractivity contribution in [3.63, 3.8) is 0 Å². The van der Waals surface area contributed by atoms with Crippen LogP contribution < -0.4 is 5.32 Å². The Morgan fingerprint density at radius 1 is 1.05 bits per heavy atom. The highest BCUT2D eigenvalue weighted by atomic mass is 15.2. The van der Waals surface area contributed by atoms with Gasteiger partial charge >= 0.3 is 0 Å². The van der Waals surface area contributed by atoms with Crippen LogP contribution in [0.3, 0.4) is 0 Å². The Bertz CT molecular complexity index is 270. The minimum Gasteiger partial charge on any atom is -0.319 e. The van der Waals surface area contributed by atoms with Crippen LogP contribution in [0, 0.1) is 11.3 Å². The molecule has 0 atom stereocenters. The Labute approximate surface area is 133 Å². The maximum Gasteiger partial charge on any atom is 0.00955 e. The molecule has 2 nitrogen and oxygen atoms in total. The average molecular weight is 295 g/mol. The number of rotatable bonds is 8. The van der Waals surface area contributed by atoms with E-state index >= 15 is 0 Å². The van der Waals surface area contributed by atoms with Gasteiger partial charge in [-0.25, -0.2) is 0 Å². The van der Waals surface area contributed by atoms with Gasteiger partial charge in [0, 0.05) is 19.1 Å². The number of hydrogen-bond donors (Lipinski definition) is 1. The van der Waals surface area contributed by atoms with Gasteiger partial charge in [0.15, 0.2) is 0 Å². The zero-order valence-corrected chi connectivity index (χ0v) is 14.8. The van der Waals surface area contributed by atoms with Crippen LogP contribution in [0.15, 0.2) is 0 Å². The van der Waals surface area contributed by atoms with Gasteiger partial charge in [-0.3, -0.25) is 4.90 Å². The van der Waals surface area contributed by atoms with E-state index in [1.54, 1.807) is 0 Å². The van der Waals surface area contributed by atoms with Gasteiger partial charge in [-0.15, -0.1) is 0 Å². The van der Waals surface area contributed by atoms with Gasteiger partial charge in [0.05, 0.1) is 0 Å². The molecule has 2 saturated carbocycles. The van der Waals surface area contributed by atoms with Crippen molar-refractivity contribution in [3.8, 4) is 0 Å². The van der Waals surface area contributed by atoms with Crippen LogP contribution in [-0.2, 0) is 0 Å². The van der Waals surface area contributed by atoms with E-state index in [-0.39, 0.29) is 0 Å². The molecular weight excluding hydrogens is 256 g/mol. The van der Waals surface area contributed by atoms with E-state index in [4.69, 9.17) is 0 Å². The molecule has 0 aromatic carbocycles. The SMILES string of the molecule is CNCC1(CN(CCC(C)C)C2CCCC2)CCCCC1. The Kier molecular flexibility index (Phi) is 7.01. The van der Waals surface area contributed by atoms with Crippen molar-refractivity contribution in [1.29, 1.82) is 0 Å². The fourth-order valence-electron chi connectivity index (χ4n) is 4.58. The first-order valence-corrected chi connectivity index (χ1v) is 9.54. The summed E-state index contributed by atoms with van der Waals surface area (Å²) in [4.78, 5) is 2.90. The van der Waals surface area contributed by atoms with Crippen molar-refractivity contribution in [2.45, 2.75) is 84.1 Å². The molecule has 0 aliphatic heterocycles. The van der Waals surface area contributed by atoms with E-state index in [2.05, 4.69) is 31.1 Å². The summed E-state index contributed by atoms with van der Waals surface area (Å²) < 4.78 is 0. The summed E-state index contributed by atoms with van der Waals surface area (Å²) in [5, 5.41) is 3.51. The summed E-state index contributed by atoms with van der Waals surface area (Å²) in [5.41, 5.74) is 0.562. The maximum atomic E-state index is 3.51. The van der Waals surface area contributed by atoms with E-state index in [0.717, 1.165) is 12.0 Å². The van der Waals surface area contributed by atoms with Crippen LogP contribution in [0.25, 0.3) is 0 Å². The van der Waals surface area contributed by atoms with Gasteiger partial charge < -0.3 is 5.32 Å². The fourth-order valence-corrected chi connectivity index (χ4v) is 4.58. The summed E-state index contributed by atoms with van der Waals surface area (Å²) in [6.45, 7) is 8.64. The maximum absolute atomic E-state index is 3.51. The van der Waals surface area contributed by atoms with Crippen LogP contribution in [0.5, 0.6) is 0 Å². The van der Waals surface area contributed by atoms with E-state index in [1.807, 2.05) is 0 Å². The van der Waals surface area contributed by atoms with Crippen LogP contribution >= 0.6 is 0 Å². The minimum atomic E-state index is 0.562. The van der Waals surface area contributed by atoms with Crippen molar-refractivity contribution in [1.82, 2.24) is 10.2 Å². The zero-order valence-electron chi connectivity index (χ0n) is 14.8. The molecule has 21 heavy (non-hydrogen) atoms. The molecule has 124 valence electrons. The van der Waals surface area contributed by atoms with Crippen LogP contribution in [-0.4, -0.2) is 37.6 Å². The first kappa shape index (κ1) is 17.3. The smallest absolute Gasteiger partial charge is 0.00955 e. The molecule has 0 saturated heterocycles. The lowest BCUT2D eigenvalue weighted by Crippen LogP contribution is -2.48. The van der Waals surface area contributed by atoms with Crippen LogP contribution in [0.4, 0.5) is 0 Å². The highest BCUT2D eigenvalue weighted by molar-refractivity contribution is 4.90. The third-order valence-electron chi connectivity index (χ3n) is 5.84. The predicted molar refractivity (Wildman–Crippen MR) is 92.7 cm³/mol. The average Bonchev–Trinajstić information content (AvgIpc) is 2.99. The monoisotopic (exact) mass is 294 g/mol. The van der Waals surface area contributed by atoms with Crippen molar-refractivity contribution in [2.75, 3.05) is 26.7 Å². The second-order valence-corrected chi connectivity index (χ2v) is 8.18. The second kappa shape index (κ2) is 8.53. The molecular formula is C19H38N2. The highest BCUT2D eigenvalue weighted by Gasteiger charge is 2.35. The van der Waals surface area contributed by atoms with Gasteiger partial charge in [-0.1, -0.05) is 46.0 Å². The summed E-state index contributed by atoms with van der Waals surface area (Å²) >= 11 is 0. The molecule has 0 bridgehead atoms. The molecule has 0 amide bonds. The van der Waals surface area contributed by atoms with Gasteiger partial charge in [-0.2, -0.15) is 0 Å². The van der Waals surface area contributed by atoms with Crippen LogP contribution in [0.1, 0.15) is 78.1 Å². The predicted octanol–water partition coefficient (Wildman–Crippen LogP) is 4.45. The van der Waals surface area contributed by atoms with E-state index in [0.29, 0.717) is 5.41 Å². The Morgan fingerprint density at radius 3 is 2.29 bits per heavy atom. The quantitative estimate of drug-likeness (QED) is 0.711. The first-order valence-electron chi connectivity index (χ1n) is 9.54. The van der Waals surface area contributed by atoms with E-state index < -0.39 is 0 Å². The topological polar surface area (TPSA) is 15.3 Å². The summed E-state index contributed by atoms with van der Waals surface area (Å²) in [7, 11) is 2.14. The minimum absolute atomic E-state index is 0.562. The molecule has 2 aliphatic rings. The molecule has 0 heterocycles. The largest absolute Gasteiger partial charge is 0.319 e. The Balaban J connectivity index is 1.99. The molecule has 2 fully saturated rings. The zero-order chi connectivity index (χ0) is 15.1. The molecule has 0 aromatic heterocycles. The summed E-state index contributed by atoms with van der Waals surface area (Å²) in [6.07, 6.45) is 14.4. The van der Waals surface area contributed by atoms with Gasteiger partial charge in [-0.05, 0) is 57.0 Å². The van der Waals surface area contributed by atoms with Crippen molar-refractivity contribution < 1.29 is 0 Å². The standard InChI is InChI=1S/C19H38N2/c1-17(2)11-14-21(18-9-5-6-10-18)16-19(15-20-3)12-7-4-8-13-19/h17-18,20H,4-16H2,1-3H3. The number of nitrogens with one attached hydrogen (secondary N) is 1. The lowest BCUT2D eigenvalue weighted by Gasteiger charge is -2.43.